The minimum absolute atomic E-state index is 0.143. The molecule has 1 aliphatic rings. The summed E-state index contributed by atoms with van der Waals surface area (Å²) in [4.78, 5) is 10.8. The number of nitrogens with zero attached hydrogens (tertiary/aromatic N) is 3. The lowest BCUT2D eigenvalue weighted by Crippen LogP contribution is -2.20. The van der Waals surface area contributed by atoms with Crippen molar-refractivity contribution in [3.8, 4) is 0 Å². The number of cyclic esters (lactones) is 1. The molecule has 1 aromatic rings. The first kappa shape index (κ1) is 11.8. The highest BCUT2D eigenvalue weighted by Crippen LogP contribution is 2.05. The highest BCUT2D eigenvalue weighted by molar-refractivity contribution is 7.89. The predicted octanol–water partition coefficient (Wildman–Crippen LogP) is -1.07. The van der Waals surface area contributed by atoms with Crippen molar-refractivity contribution >= 4 is 15.9 Å². The van der Waals surface area contributed by atoms with Crippen molar-refractivity contribution in [1.82, 2.24) is 20.3 Å². The second-order valence-electron chi connectivity index (χ2n) is 3.91. The van der Waals surface area contributed by atoms with Crippen molar-refractivity contribution < 1.29 is 17.9 Å². The van der Waals surface area contributed by atoms with Crippen molar-refractivity contribution in [1.29, 1.82) is 0 Å². The van der Waals surface area contributed by atoms with Crippen molar-refractivity contribution in [2.24, 2.45) is 0 Å². The van der Waals surface area contributed by atoms with Gasteiger partial charge in [0.25, 0.3) is 0 Å². The Morgan fingerprint density at radius 2 is 2.41 bits per heavy atom. The SMILES string of the molecule is CS(=O)(=O)Cc1cn(CC2CNC(=O)O2)nn1. The van der Waals surface area contributed by atoms with Crippen LogP contribution in [0.2, 0.25) is 0 Å². The van der Waals surface area contributed by atoms with Crippen LogP contribution in [0.3, 0.4) is 0 Å². The average molecular weight is 260 g/mol. The van der Waals surface area contributed by atoms with E-state index in [1.54, 1.807) is 0 Å². The Balaban J connectivity index is 1.97. The normalized spacial score (nSPS) is 20.1. The maximum absolute atomic E-state index is 11.0. The van der Waals surface area contributed by atoms with E-state index in [0.717, 1.165) is 6.26 Å². The maximum Gasteiger partial charge on any atom is 0.407 e. The van der Waals surface area contributed by atoms with Gasteiger partial charge in [-0.2, -0.15) is 0 Å². The van der Waals surface area contributed by atoms with Gasteiger partial charge in [-0.1, -0.05) is 5.21 Å². The molecule has 9 heteroatoms. The second kappa shape index (κ2) is 4.32. The van der Waals surface area contributed by atoms with Crippen LogP contribution in [0.5, 0.6) is 0 Å². The summed E-state index contributed by atoms with van der Waals surface area (Å²) in [6.07, 6.45) is 1.92. The zero-order valence-electron chi connectivity index (χ0n) is 9.16. The quantitative estimate of drug-likeness (QED) is 0.739. The molecule has 2 heterocycles. The fraction of sp³-hybridized carbons (Fsp3) is 0.625. The van der Waals surface area contributed by atoms with Crippen molar-refractivity contribution in [3.63, 3.8) is 0 Å². The largest absolute Gasteiger partial charge is 0.442 e. The van der Waals surface area contributed by atoms with Crippen molar-refractivity contribution in [2.75, 3.05) is 12.8 Å². The molecule has 0 spiro atoms. The summed E-state index contributed by atoms with van der Waals surface area (Å²) in [5.41, 5.74) is 0.379. The molecule has 1 aromatic heterocycles. The number of amides is 1. The first-order valence-electron chi connectivity index (χ1n) is 4.93. The lowest BCUT2D eigenvalue weighted by Gasteiger charge is -2.05. The number of aromatic nitrogens is 3. The predicted molar refractivity (Wildman–Crippen MR) is 56.8 cm³/mol. The average Bonchev–Trinajstić information content (AvgIpc) is 2.74. The second-order valence-corrected chi connectivity index (χ2v) is 6.05. The van der Waals surface area contributed by atoms with E-state index in [2.05, 4.69) is 15.6 Å². The zero-order valence-corrected chi connectivity index (χ0v) is 9.98. The molecule has 0 aromatic carbocycles. The van der Waals surface area contributed by atoms with Gasteiger partial charge in [0.05, 0.1) is 24.5 Å². The first-order chi connectivity index (χ1) is 7.92. The van der Waals surface area contributed by atoms with E-state index in [4.69, 9.17) is 4.74 Å². The molecule has 0 aliphatic carbocycles. The lowest BCUT2D eigenvalue weighted by molar-refractivity contribution is 0.128. The molecule has 8 nitrogen and oxygen atoms in total. The number of ether oxygens (including phenoxy) is 1. The Hall–Kier alpha value is -1.64. The molecule has 1 saturated heterocycles. The number of carbonyl (C=O) groups excluding carboxylic acids is 1. The maximum atomic E-state index is 11.0. The third kappa shape index (κ3) is 3.41. The molecular weight excluding hydrogens is 248 g/mol. The fourth-order valence-corrected chi connectivity index (χ4v) is 2.17. The molecule has 1 amide bonds. The Morgan fingerprint density at radius 3 is 3.00 bits per heavy atom. The van der Waals surface area contributed by atoms with Gasteiger partial charge in [-0.15, -0.1) is 5.10 Å². The smallest absolute Gasteiger partial charge is 0.407 e. The van der Waals surface area contributed by atoms with Crippen LogP contribution in [0.4, 0.5) is 4.79 Å². The first-order valence-corrected chi connectivity index (χ1v) is 7.00. The molecule has 0 saturated carbocycles. The van der Waals surface area contributed by atoms with E-state index >= 15 is 0 Å². The van der Waals surface area contributed by atoms with Crippen LogP contribution in [0.25, 0.3) is 0 Å². The van der Waals surface area contributed by atoms with Gasteiger partial charge in [-0.05, 0) is 0 Å². The van der Waals surface area contributed by atoms with Crippen LogP contribution in [-0.2, 0) is 26.9 Å². The Morgan fingerprint density at radius 1 is 1.65 bits per heavy atom. The van der Waals surface area contributed by atoms with Gasteiger partial charge in [0.1, 0.15) is 6.10 Å². The van der Waals surface area contributed by atoms with Gasteiger partial charge in [-0.25, -0.2) is 17.9 Å². The lowest BCUT2D eigenvalue weighted by atomic mass is 10.3. The van der Waals surface area contributed by atoms with Gasteiger partial charge in [0.15, 0.2) is 9.84 Å². The topological polar surface area (TPSA) is 103 Å². The summed E-state index contributed by atoms with van der Waals surface area (Å²) in [6, 6.07) is 0. The summed E-state index contributed by atoms with van der Waals surface area (Å²) in [5.74, 6) is -0.143. The molecule has 1 fully saturated rings. The minimum atomic E-state index is -3.11. The highest BCUT2D eigenvalue weighted by Gasteiger charge is 2.23. The Bertz CT molecular complexity index is 523. The molecule has 1 aliphatic heterocycles. The molecule has 0 bridgehead atoms. The number of rotatable bonds is 4. The molecule has 2 rings (SSSR count). The zero-order chi connectivity index (χ0) is 12.5. The van der Waals surface area contributed by atoms with Gasteiger partial charge in [0, 0.05) is 12.5 Å². The van der Waals surface area contributed by atoms with Crippen LogP contribution < -0.4 is 5.32 Å². The number of nitrogens with one attached hydrogen (secondary N) is 1. The van der Waals surface area contributed by atoms with E-state index in [1.807, 2.05) is 0 Å². The number of sulfone groups is 1. The van der Waals surface area contributed by atoms with Crippen LogP contribution in [0.15, 0.2) is 6.20 Å². The summed E-state index contributed by atoms with van der Waals surface area (Å²) in [7, 11) is -3.11. The third-order valence-corrected chi connectivity index (χ3v) is 2.95. The summed E-state index contributed by atoms with van der Waals surface area (Å²) >= 11 is 0. The van der Waals surface area contributed by atoms with E-state index < -0.39 is 15.9 Å². The van der Waals surface area contributed by atoms with Crippen LogP contribution in [0.1, 0.15) is 5.69 Å². The molecule has 94 valence electrons. The van der Waals surface area contributed by atoms with Crippen molar-refractivity contribution in [3.05, 3.63) is 11.9 Å². The molecule has 17 heavy (non-hydrogen) atoms. The Labute approximate surface area is 97.9 Å². The van der Waals surface area contributed by atoms with Gasteiger partial charge in [0.2, 0.25) is 0 Å². The van der Waals surface area contributed by atoms with Gasteiger partial charge in [-0.3, -0.25) is 0 Å². The number of carbonyl (C=O) groups is 1. The van der Waals surface area contributed by atoms with Crippen LogP contribution >= 0.6 is 0 Å². The number of alkyl carbamates (subject to hydrolysis) is 1. The van der Waals surface area contributed by atoms with E-state index in [-0.39, 0.29) is 11.9 Å². The van der Waals surface area contributed by atoms with Crippen molar-refractivity contribution in [2.45, 2.75) is 18.4 Å². The van der Waals surface area contributed by atoms with E-state index in [0.29, 0.717) is 18.8 Å². The van der Waals surface area contributed by atoms with Gasteiger partial charge >= 0.3 is 6.09 Å². The van der Waals surface area contributed by atoms with Crippen LogP contribution in [-0.4, -0.2) is 48.4 Å². The third-order valence-electron chi connectivity index (χ3n) is 2.13. The van der Waals surface area contributed by atoms with Crippen LogP contribution in [0, 0.1) is 0 Å². The number of hydrogen-bond donors (Lipinski definition) is 1. The summed E-state index contributed by atoms with van der Waals surface area (Å²) in [5, 5.41) is 10.0. The van der Waals surface area contributed by atoms with E-state index in [1.165, 1.54) is 10.9 Å². The Kier molecular flexibility index (Phi) is 3.01. The van der Waals surface area contributed by atoms with E-state index in [9.17, 15) is 13.2 Å². The standard InChI is InChI=1S/C8H12N4O4S/c1-17(14,15)5-6-3-12(11-10-6)4-7-2-9-8(13)16-7/h3,7H,2,4-5H2,1H3,(H,9,13). The highest BCUT2D eigenvalue weighted by atomic mass is 32.2. The molecule has 1 unspecified atom stereocenters. The minimum Gasteiger partial charge on any atom is -0.442 e. The molecule has 1 N–H and O–H groups in total. The fourth-order valence-electron chi connectivity index (χ4n) is 1.50. The van der Waals surface area contributed by atoms with Gasteiger partial charge < -0.3 is 10.1 Å². The summed E-state index contributed by atoms with van der Waals surface area (Å²) < 4.78 is 28.5. The summed E-state index contributed by atoms with van der Waals surface area (Å²) in [6.45, 7) is 0.773. The molecule has 1 atom stereocenters. The number of hydrogen-bond acceptors (Lipinski definition) is 6. The molecular formula is C8H12N4O4S. The monoisotopic (exact) mass is 260 g/mol. The molecule has 0 radical (unpaired) electrons.